The molecule has 0 aromatic carbocycles. The largest absolute Gasteiger partial charge is 0.769 e. The van der Waals surface area contributed by atoms with Gasteiger partial charge in [0, 0.05) is 35.8 Å². The van der Waals surface area contributed by atoms with E-state index in [9.17, 15) is 0 Å². The van der Waals surface area contributed by atoms with E-state index in [1.54, 1.807) is 0 Å². The number of aliphatic imine (C=N–C) groups is 1. The second-order valence-electron chi connectivity index (χ2n) is 12.4. The van der Waals surface area contributed by atoms with Gasteiger partial charge in [-0.2, -0.15) is 11.6 Å². The van der Waals surface area contributed by atoms with Gasteiger partial charge in [0.15, 0.2) is 6.23 Å². The molecule has 217 valence electrons. The van der Waals surface area contributed by atoms with Gasteiger partial charge < -0.3 is 21.1 Å². The van der Waals surface area contributed by atoms with Crippen molar-refractivity contribution in [3.05, 3.63) is 62.8 Å². The molecule has 2 aliphatic carbocycles. The summed E-state index contributed by atoms with van der Waals surface area (Å²) in [6.07, 6.45) is 19.6. The minimum Gasteiger partial charge on any atom is -0.769 e. The molecule has 5 aliphatic heterocycles. The predicted octanol–water partition coefficient (Wildman–Crippen LogP) is 8.69. The van der Waals surface area contributed by atoms with Crippen molar-refractivity contribution in [1.29, 1.82) is 0 Å². The summed E-state index contributed by atoms with van der Waals surface area (Å²) in [6, 6.07) is 0.580. The second kappa shape index (κ2) is 12.9. The van der Waals surface area contributed by atoms with Gasteiger partial charge in [-0.05, 0) is 54.4 Å². The summed E-state index contributed by atoms with van der Waals surface area (Å²) < 4.78 is 29.3. The molecule has 0 aromatic heterocycles. The molecule has 0 amide bonds. The van der Waals surface area contributed by atoms with Crippen LogP contribution in [0.4, 0.5) is 0 Å². The summed E-state index contributed by atoms with van der Waals surface area (Å²) in [5.74, 6) is 5.16. The van der Waals surface area contributed by atoms with Crippen LogP contribution in [0.15, 0.2) is 44.7 Å². The van der Waals surface area contributed by atoms with Gasteiger partial charge in [-0.25, -0.2) is 12.0 Å². The number of thioether (sulfide) groups is 1. The van der Waals surface area contributed by atoms with Gasteiger partial charge in [-0.1, -0.05) is 64.4 Å². The summed E-state index contributed by atoms with van der Waals surface area (Å²) in [6.45, 7) is 5.79. The zero-order valence-electron chi connectivity index (χ0n) is 26.6. The van der Waals surface area contributed by atoms with Crippen LogP contribution >= 0.6 is 11.8 Å². The molecule has 8 atom stereocenters. The minimum absolute atomic E-state index is 0. The van der Waals surface area contributed by atoms with Crippen molar-refractivity contribution in [3.8, 4) is 0 Å². The second-order valence-corrected chi connectivity index (χ2v) is 13.6. The van der Waals surface area contributed by atoms with Gasteiger partial charge in [-0.15, -0.1) is 43.2 Å². The van der Waals surface area contributed by atoms with Crippen LogP contribution in [0.25, 0.3) is 10.6 Å². The Bertz CT molecular complexity index is 1160. The van der Waals surface area contributed by atoms with Gasteiger partial charge in [0.05, 0.1) is 0 Å². The van der Waals surface area contributed by atoms with Crippen LogP contribution in [0.1, 0.15) is 89.5 Å². The maximum Gasteiger partial charge on any atom is 0.171 e. The van der Waals surface area contributed by atoms with Crippen molar-refractivity contribution in [2.75, 3.05) is 12.3 Å². The fourth-order valence-electron chi connectivity index (χ4n) is 6.88. The van der Waals surface area contributed by atoms with Crippen molar-refractivity contribution < 1.29 is 29.0 Å². The molecule has 0 N–H and O–H groups in total. The number of fused-ring (bicyclic) bond motifs is 4. The standard InChI is InChI=1S/C19H24N2OS.C14H21N.Ir/c1-11-5-6-13-12-3-2-4-14(18(12)22-19(13)20-11)15-7-8-17-16(21-15)9-10-23-17;1-10-4-6-13(7-5-10)14-8-11(2)12(3)9-15-14;/h4,8,12-13,15-16,19H,2-3,5-7,9-10H2,1H3;8,10-12H,4-6,9H2,1-3H3;/q2*-2;/t12?,13?,15-,16-,19?;10-,11+,12-;/m11./s1/i1D3;;. The molecule has 7 aliphatic rings. The van der Waals surface area contributed by atoms with Crippen molar-refractivity contribution in [3.63, 3.8) is 0 Å². The van der Waals surface area contributed by atoms with Crippen LogP contribution in [0.5, 0.6) is 0 Å². The zero-order chi connectivity index (χ0) is 28.7. The maximum absolute atomic E-state index is 7.65. The van der Waals surface area contributed by atoms with E-state index in [1.165, 1.54) is 40.3 Å². The van der Waals surface area contributed by atoms with E-state index in [0.717, 1.165) is 56.7 Å². The van der Waals surface area contributed by atoms with Gasteiger partial charge in [0.1, 0.15) is 0 Å². The average Bonchev–Trinajstić information content (AvgIpc) is 3.58. The molecule has 2 fully saturated rings. The van der Waals surface area contributed by atoms with Crippen molar-refractivity contribution in [2.45, 2.75) is 104 Å². The van der Waals surface area contributed by atoms with Gasteiger partial charge in [-0.3, -0.25) is 11.1 Å². The Morgan fingerprint density at radius 2 is 2.05 bits per heavy atom. The topological polar surface area (TPSA) is 49.8 Å². The van der Waals surface area contributed by atoms with E-state index in [1.807, 2.05) is 11.8 Å². The zero-order valence-corrected chi connectivity index (χ0v) is 26.8. The molecule has 0 spiro atoms. The van der Waals surface area contributed by atoms with Crippen LogP contribution in [0.2, 0.25) is 0 Å². The van der Waals surface area contributed by atoms with Crippen molar-refractivity contribution >= 4 is 17.5 Å². The first-order valence-corrected chi connectivity index (χ1v) is 16.0. The van der Waals surface area contributed by atoms with E-state index in [4.69, 9.17) is 14.2 Å². The summed E-state index contributed by atoms with van der Waals surface area (Å²) in [5.41, 5.74) is 4.22. The number of hydrogen-bond donors (Lipinski definition) is 0. The first-order valence-electron chi connectivity index (χ1n) is 16.5. The molecule has 0 bridgehead atoms. The Morgan fingerprint density at radius 1 is 1.15 bits per heavy atom. The first-order chi connectivity index (χ1) is 19.7. The van der Waals surface area contributed by atoms with Crippen LogP contribution in [-0.2, 0) is 24.8 Å². The van der Waals surface area contributed by atoms with E-state index in [0.29, 0.717) is 41.8 Å². The Labute approximate surface area is 259 Å². The minimum atomic E-state index is -2.09. The van der Waals surface area contributed by atoms with E-state index >= 15 is 0 Å². The molecule has 0 aromatic rings. The summed E-state index contributed by atoms with van der Waals surface area (Å²) in [5, 5.41) is 9.79. The smallest absolute Gasteiger partial charge is 0.171 e. The Kier molecular flexibility index (Phi) is 8.53. The molecule has 4 nitrogen and oxygen atoms in total. The fourth-order valence-corrected chi connectivity index (χ4v) is 8.04. The molecule has 0 saturated carbocycles. The molecule has 39 heavy (non-hydrogen) atoms. The number of hydrogen-bond acceptors (Lipinski definition) is 3. The van der Waals surface area contributed by atoms with Gasteiger partial charge in [0.25, 0.3) is 0 Å². The van der Waals surface area contributed by atoms with Crippen LogP contribution in [-0.4, -0.2) is 36.3 Å². The van der Waals surface area contributed by atoms with Crippen molar-refractivity contribution in [1.82, 2.24) is 0 Å². The third kappa shape index (κ3) is 6.45. The maximum atomic E-state index is 7.65. The fraction of sp³-hybridized carbons (Fsp3) is 0.697. The molecular formula is C33H45IrN3OS-4. The third-order valence-corrected chi connectivity index (χ3v) is 10.8. The molecule has 7 rings (SSSR count). The van der Waals surface area contributed by atoms with Crippen LogP contribution < -0.4 is 0 Å². The van der Waals surface area contributed by atoms with Crippen LogP contribution in [0, 0.1) is 42.1 Å². The summed E-state index contributed by atoms with van der Waals surface area (Å²) in [7, 11) is 0. The Morgan fingerprint density at radius 3 is 2.85 bits per heavy atom. The predicted molar refractivity (Wildman–Crippen MR) is 160 cm³/mol. The molecular weight excluding hydrogens is 679 g/mol. The number of nitrogens with zero attached hydrogens (tertiary/aromatic N) is 3. The first kappa shape index (κ1) is 25.7. The molecule has 1 radical (unpaired) electrons. The van der Waals surface area contributed by atoms with E-state index < -0.39 is 6.85 Å². The normalized spacial score (nSPS) is 40.3. The van der Waals surface area contributed by atoms with Crippen molar-refractivity contribution in [2.24, 2.45) is 34.6 Å². The SMILES string of the molecule is C[C@H]1C[C-]=C(C2=C[C@H](C)[C@H](C)C[N-]2)CC1.[2H]C([2H])([2H])C1=NC2OC3=C([C@H]4CC=C5SCC[C@H]5[N-]4)[CH-]CCC3C2CC1.[Ir]. The molecule has 5 heterocycles. The van der Waals surface area contributed by atoms with E-state index in [-0.39, 0.29) is 32.4 Å². The molecule has 3 unspecified atom stereocenters. The Hall–Kier alpha value is -0.941. The third-order valence-electron chi connectivity index (χ3n) is 9.57. The summed E-state index contributed by atoms with van der Waals surface area (Å²) >= 11 is 1.95. The summed E-state index contributed by atoms with van der Waals surface area (Å²) in [4.78, 5) is 5.96. The molecule has 2 saturated heterocycles. The average molecular weight is 727 g/mol. The number of allylic oxidation sites excluding steroid dienone is 4. The Balaban J connectivity index is 0.000000189. The number of ether oxygens (including phenoxy) is 1. The monoisotopic (exact) mass is 727 g/mol. The van der Waals surface area contributed by atoms with Gasteiger partial charge >= 0.3 is 0 Å². The van der Waals surface area contributed by atoms with Gasteiger partial charge in [0.2, 0.25) is 0 Å². The van der Waals surface area contributed by atoms with Crippen LogP contribution in [0.3, 0.4) is 0 Å². The van der Waals surface area contributed by atoms with E-state index in [2.05, 4.69) is 55.7 Å². The number of rotatable bonds is 2. The molecule has 6 heteroatoms. The quantitative estimate of drug-likeness (QED) is 0.268.